The topological polar surface area (TPSA) is 110 Å². The van der Waals surface area contributed by atoms with E-state index in [0.717, 1.165) is 11.6 Å². The Bertz CT molecular complexity index is 625. The first-order valence-corrected chi connectivity index (χ1v) is 7.43. The Labute approximate surface area is 143 Å². The van der Waals surface area contributed by atoms with Gasteiger partial charge in [0.05, 0.1) is 17.2 Å². The quantitative estimate of drug-likeness (QED) is 0.541. The molecule has 0 heterocycles. The molecular formula is C16H17ClO7. The maximum Gasteiger partial charge on any atom is 0.339 e. The monoisotopic (exact) mass is 356 g/mol. The number of rotatable bonds is 8. The molecule has 1 rings (SSSR count). The Morgan fingerprint density at radius 2 is 1.88 bits per heavy atom. The molecule has 0 aromatic heterocycles. The zero-order valence-electron chi connectivity index (χ0n) is 12.8. The Morgan fingerprint density at radius 1 is 1.25 bits per heavy atom. The minimum atomic E-state index is -1.26. The SMILES string of the molecule is CC(O)CC(COC(=O)c1ccccc1C(=O)O)OC(=O)C=CCl. The molecule has 1 aromatic carbocycles. The fraction of sp³-hybridized carbons (Fsp3) is 0.312. The van der Waals surface area contributed by atoms with Gasteiger partial charge in [-0.2, -0.15) is 0 Å². The Hall–Kier alpha value is -2.38. The summed E-state index contributed by atoms with van der Waals surface area (Å²) >= 11 is 5.27. The molecule has 0 saturated carbocycles. The maximum atomic E-state index is 12.0. The van der Waals surface area contributed by atoms with Crippen LogP contribution in [-0.4, -0.2) is 46.9 Å². The van der Waals surface area contributed by atoms with E-state index in [-0.39, 0.29) is 24.2 Å². The summed E-state index contributed by atoms with van der Waals surface area (Å²) in [7, 11) is 0. The third-order valence-electron chi connectivity index (χ3n) is 2.86. The zero-order chi connectivity index (χ0) is 18.1. The number of carboxylic acids is 1. The molecule has 1 aromatic rings. The number of carboxylic acid groups (broad SMARTS) is 1. The van der Waals surface area contributed by atoms with Crippen molar-refractivity contribution in [3.63, 3.8) is 0 Å². The number of halogens is 1. The lowest BCUT2D eigenvalue weighted by atomic mass is 10.1. The van der Waals surface area contributed by atoms with Gasteiger partial charge in [0.25, 0.3) is 0 Å². The van der Waals surface area contributed by atoms with Crippen LogP contribution in [0.2, 0.25) is 0 Å². The molecule has 0 aliphatic rings. The molecule has 24 heavy (non-hydrogen) atoms. The fourth-order valence-corrected chi connectivity index (χ4v) is 1.98. The summed E-state index contributed by atoms with van der Waals surface area (Å²) in [6.45, 7) is 1.15. The van der Waals surface area contributed by atoms with Gasteiger partial charge >= 0.3 is 17.9 Å². The van der Waals surface area contributed by atoms with Crippen molar-refractivity contribution in [2.24, 2.45) is 0 Å². The van der Waals surface area contributed by atoms with Crippen LogP contribution in [0.3, 0.4) is 0 Å². The molecule has 0 saturated heterocycles. The molecule has 0 aliphatic carbocycles. The second-order valence-electron chi connectivity index (χ2n) is 4.89. The van der Waals surface area contributed by atoms with Crippen LogP contribution < -0.4 is 0 Å². The van der Waals surface area contributed by atoms with Crippen molar-refractivity contribution >= 4 is 29.5 Å². The molecule has 2 N–H and O–H groups in total. The Morgan fingerprint density at radius 3 is 2.42 bits per heavy atom. The Balaban J connectivity index is 2.77. The van der Waals surface area contributed by atoms with Crippen LogP contribution in [0.4, 0.5) is 0 Å². The first kappa shape index (κ1) is 19.7. The number of carbonyl (C=O) groups excluding carboxylic acids is 2. The van der Waals surface area contributed by atoms with Gasteiger partial charge in [0.2, 0.25) is 0 Å². The summed E-state index contributed by atoms with van der Waals surface area (Å²) in [6, 6.07) is 5.58. The van der Waals surface area contributed by atoms with Gasteiger partial charge in [-0.15, -0.1) is 0 Å². The first-order valence-electron chi connectivity index (χ1n) is 7.00. The molecule has 0 spiro atoms. The van der Waals surface area contributed by atoms with E-state index in [1.54, 1.807) is 0 Å². The standard InChI is InChI=1S/C16H17ClO7/c1-10(18)8-11(24-14(19)6-7-17)9-23-16(22)13-5-3-2-4-12(13)15(20)21/h2-7,10-11,18H,8-9H2,1H3,(H,20,21). The number of benzene rings is 1. The number of hydrogen-bond donors (Lipinski definition) is 2. The van der Waals surface area contributed by atoms with Crippen LogP contribution in [0, 0.1) is 0 Å². The lowest BCUT2D eigenvalue weighted by molar-refractivity contribution is -0.146. The van der Waals surface area contributed by atoms with Gasteiger partial charge in [0.1, 0.15) is 12.7 Å². The van der Waals surface area contributed by atoms with Crippen molar-refractivity contribution in [1.29, 1.82) is 0 Å². The van der Waals surface area contributed by atoms with Crippen LogP contribution >= 0.6 is 11.6 Å². The van der Waals surface area contributed by atoms with E-state index in [4.69, 9.17) is 26.2 Å². The van der Waals surface area contributed by atoms with Gasteiger partial charge in [0.15, 0.2) is 0 Å². The van der Waals surface area contributed by atoms with Crippen molar-refractivity contribution in [3.05, 3.63) is 47.0 Å². The third kappa shape index (κ3) is 6.39. The lowest BCUT2D eigenvalue weighted by Crippen LogP contribution is -2.28. The molecule has 0 radical (unpaired) electrons. The first-order chi connectivity index (χ1) is 11.3. The van der Waals surface area contributed by atoms with Crippen LogP contribution in [-0.2, 0) is 14.3 Å². The van der Waals surface area contributed by atoms with Crippen molar-refractivity contribution in [2.45, 2.75) is 25.6 Å². The van der Waals surface area contributed by atoms with E-state index in [2.05, 4.69) is 0 Å². The number of ether oxygens (including phenoxy) is 2. The van der Waals surface area contributed by atoms with Gasteiger partial charge in [-0.25, -0.2) is 14.4 Å². The summed E-state index contributed by atoms with van der Waals surface area (Å²) in [5.74, 6) is -2.88. The highest BCUT2D eigenvalue weighted by molar-refractivity contribution is 6.26. The number of esters is 2. The number of aromatic carboxylic acids is 1. The predicted octanol–water partition coefficient (Wildman–Crippen LogP) is 1.98. The molecule has 0 amide bonds. The molecule has 0 aliphatic heterocycles. The summed E-state index contributed by atoms with van der Waals surface area (Å²) in [5, 5.41) is 18.5. The zero-order valence-corrected chi connectivity index (χ0v) is 13.6. The number of aliphatic hydroxyl groups is 1. The van der Waals surface area contributed by atoms with Crippen molar-refractivity contribution in [3.8, 4) is 0 Å². The largest absolute Gasteiger partial charge is 0.478 e. The van der Waals surface area contributed by atoms with Gasteiger partial charge in [-0.05, 0) is 19.1 Å². The molecule has 7 nitrogen and oxygen atoms in total. The van der Waals surface area contributed by atoms with Gasteiger partial charge in [-0.3, -0.25) is 0 Å². The van der Waals surface area contributed by atoms with Crippen LogP contribution in [0.1, 0.15) is 34.1 Å². The highest BCUT2D eigenvalue weighted by Crippen LogP contribution is 2.12. The molecule has 0 fully saturated rings. The number of carbonyl (C=O) groups is 3. The van der Waals surface area contributed by atoms with E-state index < -0.39 is 30.1 Å². The minimum Gasteiger partial charge on any atom is -0.478 e. The molecular weight excluding hydrogens is 340 g/mol. The van der Waals surface area contributed by atoms with Gasteiger partial charge in [0, 0.05) is 18.0 Å². The minimum absolute atomic E-state index is 0.0374. The number of hydrogen-bond acceptors (Lipinski definition) is 6. The molecule has 8 heteroatoms. The smallest absolute Gasteiger partial charge is 0.339 e. The van der Waals surface area contributed by atoms with Gasteiger partial charge < -0.3 is 19.7 Å². The highest BCUT2D eigenvalue weighted by atomic mass is 35.5. The summed E-state index contributed by atoms with van der Waals surface area (Å²) in [6.07, 6.45) is -0.687. The van der Waals surface area contributed by atoms with E-state index in [1.165, 1.54) is 31.2 Å². The van der Waals surface area contributed by atoms with Crippen LogP contribution in [0.25, 0.3) is 0 Å². The molecule has 2 unspecified atom stereocenters. The van der Waals surface area contributed by atoms with E-state index in [1.807, 2.05) is 0 Å². The average molecular weight is 357 g/mol. The van der Waals surface area contributed by atoms with E-state index in [9.17, 15) is 19.5 Å². The molecule has 130 valence electrons. The van der Waals surface area contributed by atoms with Crippen LogP contribution in [0.5, 0.6) is 0 Å². The Kier molecular flexibility index (Phi) is 7.94. The summed E-state index contributed by atoms with van der Waals surface area (Å²) < 4.78 is 10.0. The predicted molar refractivity (Wildman–Crippen MR) is 84.9 cm³/mol. The van der Waals surface area contributed by atoms with E-state index in [0.29, 0.717) is 0 Å². The second kappa shape index (κ2) is 9.69. The van der Waals surface area contributed by atoms with Crippen molar-refractivity contribution in [1.82, 2.24) is 0 Å². The summed E-state index contributed by atoms with van der Waals surface area (Å²) in [4.78, 5) is 34.5. The molecule has 2 atom stereocenters. The third-order valence-corrected chi connectivity index (χ3v) is 2.99. The fourth-order valence-electron chi connectivity index (χ4n) is 1.88. The average Bonchev–Trinajstić information content (AvgIpc) is 2.52. The second-order valence-corrected chi connectivity index (χ2v) is 5.14. The van der Waals surface area contributed by atoms with Gasteiger partial charge in [-0.1, -0.05) is 23.7 Å². The lowest BCUT2D eigenvalue weighted by Gasteiger charge is -2.18. The van der Waals surface area contributed by atoms with E-state index >= 15 is 0 Å². The van der Waals surface area contributed by atoms with Crippen molar-refractivity contribution < 1.29 is 34.1 Å². The molecule has 0 bridgehead atoms. The van der Waals surface area contributed by atoms with Crippen molar-refractivity contribution in [2.75, 3.05) is 6.61 Å². The maximum absolute atomic E-state index is 12.0. The highest BCUT2D eigenvalue weighted by Gasteiger charge is 2.21. The normalized spacial score (nSPS) is 13.3. The number of aliphatic hydroxyl groups excluding tert-OH is 1. The van der Waals surface area contributed by atoms with Crippen LogP contribution in [0.15, 0.2) is 35.9 Å². The summed E-state index contributed by atoms with van der Waals surface area (Å²) in [5.41, 5.74) is 0.654.